The van der Waals surface area contributed by atoms with Crippen LogP contribution < -0.4 is 10.5 Å². The quantitative estimate of drug-likeness (QED) is 0.732. The topological polar surface area (TPSA) is 35.2 Å². The summed E-state index contributed by atoms with van der Waals surface area (Å²) in [6, 6.07) is 6.42. The Kier molecular flexibility index (Phi) is 2.74. The maximum absolute atomic E-state index is 5.75. The molecule has 0 bridgehead atoms. The molecule has 0 atom stereocenters. The summed E-state index contributed by atoms with van der Waals surface area (Å²) in [6.07, 6.45) is 0. The van der Waals surface area contributed by atoms with Crippen LogP contribution in [-0.4, -0.2) is 7.11 Å². The number of ether oxygens (including phenoxy) is 1. The van der Waals surface area contributed by atoms with Crippen LogP contribution in [0.4, 0.5) is 0 Å². The van der Waals surface area contributed by atoms with Gasteiger partial charge >= 0.3 is 0 Å². The molecule has 2 nitrogen and oxygen atoms in total. The average Bonchev–Trinajstić information content (AvgIpc) is 2.03. The molecule has 0 aliphatic rings. The van der Waals surface area contributed by atoms with Crippen molar-refractivity contribution in [2.45, 2.75) is 6.54 Å². The summed E-state index contributed by atoms with van der Waals surface area (Å²) in [4.78, 5) is 0. The predicted molar refractivity (Wildman–Crippen MR) is 44.7 cm³/mol. The highest BCUT2D eigenvalue weighted by molar-refractivity contribution is 6.30. The Morgan fingerprint density at radius 2 is 2.36 bits per heavy atom. The van der Waals surface area contributed by atoms with Gasteiger partial charge in [-0.15, -0.1) is 0 Å². The van der Waals surface area contributed by atoms with E-state index in [-0.39, 0.29) is 0 Å². The molecule has 59 valence electrons. The molecule has 0 aromatic heterocycles. The highest BCUT2D eigenvalue weighted by atomic mass is 35.5. The van der Waals surface area contributed by atoms with Gasteiger partial charge in [0.1, 0.15) is 5.75 Å². The molecule has 11 heavy (non-hydrogen) atoms. The zero-order chi connectivity index (χ0) is 8.27. The van der Waals surface area contributed by atoms with Crippen LogP contribution in [0.15, 0.2) is 12.1 Å². The SMILES string of the molecule is COc1[c]c(CN)cc(Cl)c1. The monoisotopic (exact) mass is 170 g/mol. The van der Waals surface area contributed by atoms with E-state index in [0.717, 1.165) is 5.56 Å². The van der Waals surface area contributed by atoms with Crippen LogP contribution in [0, 0.1) is 6.07 Å². The van der Waals surface area contributed by atoms with Crippen molar-refractivity contribution in [3.05, 3.63) is 28.8 Å². The molecule has 0 saturated heterocycles. The van der Waals surface area contributed by atoms with Gasteiger partial charge in [-0.25, -0.2) is 0 Å². The van der Waals surface area contributed by atoms with Crippen molar-refractivity contribution in [2.75, 3.05) is 7.11 Å². The van der Waals surface area contributed by atoms with E-state index < -0.39 is 0 Å². The summed E-state index contributed by atoms with van der Waals surface area (Å²) in [6.45, 7) is 0.428. The van der Waals surface area contributed by atoms with Crippen molar-refractivity contribution in [2.24, 2.45) is 5.73 Å². The first-order chi connectivity index (χ1) is 5.26. The highest BCUT2D eigenvalue weighted by Crippen LogP contribution is 2.19. The van der Waals surface area contributed by atoms with Crippen LogP contribution >= 0.6 is 11.6 Å². The molecule has 0 amide bonds. The van der Waals surface area contributed by atoms with Gasteiger partial charge in [0.2, 0.25) is 0 Å². The summed E-state index contributed by atoms with van der Waals surface area (Å²) >= 11 is 5.75. The third-order valence-electron chi connectivity index (χ3n) is 1.30. The summed E-state index contributed by atoms with van der Waals surface area (Å²) in [5.74, 6) is 0.623. The first-order valence-corrected chi connectivity index (χ1v) is 3.60. The van der Waals surface area contributed by atoms with Gasteiger partial charge in [-0.2, -0.15) is 0 Å². The molecule has 2 N–H and O–H groups in total. The van der Waals surface area contributed by atoms with Gasteiger partial charge < -0.3 is 10.5 Å². The molecule has 1 rings (SSSR count). The maximum atomic E-state index is 5.75. The van der Waals surface area contributed by atoms with Crippen LogP contribution in [0.3, 0.4) is 0 Å². The van der Waals surface area contributed by atoms with Crippen molar-refractivity contribution in [1.29, 1.82) is 0 Å². The van der Waals surface area contributed by atoms with E-state index in [1.807, 2.05) is 0 Å². The summed E-state index contributed by atoms with van der Waals surface area (Å²) in [5, 5.41) is 0.626. The number of nitrogens with two attached hydrogens (primary N) is 1. The number of halogens is 1. The molecule has 1 radical (unpaired) electrons. The Hall–Kier alpha value is -0.730. The van der Waals surface area contributed by atoms with E-state index in [1.54, 1.807) is 19.2 Å². The molecular weight excluding hydrogens is 162 g/mol. The predicted octanol–water partition coefficient (Wildman–Crippen LogP) is 1.61. The number of hydrogen-bond donors (Lipinski definition) is 1. The van der Waals surface area contributed by atoms with Crippen molar-refractivity contribution in [3.63, 3.8) is 0 Å². The minimum Gasteiger partial charge on any atom is -0.496 e. The van der Waals surface area contributed by atoms with E-state index in [9.17, 15) is 0 Å². The summed E-state index contributed by atoms with van der Waals surface area (Å²) in [5.41, 5.74) is 6.25. The zero-order valence-corrected chi connectivity index (χ0v) is 6.98. The first-order valence-electron chi connectivity index (χ1n) is 3.22. The number of hydrogen-bond acceptors (Lipinski definition) is 2. The van der Waals surface area contributed by atoms with E-state index in [4.69, 9.17) is 22.1 Å². The molecule has 1 aromatic rings. The molecule has 0 heterocycles. The third-order valence-corrected chi connectivity index (χ3v) is 1.52. The summed E-state index contributed by atoms with van der Waals surface area (Å²) in [7, 11) is 1.57. The molecule has 3 heteroatoms. The maximum Gasteiger partial charge on any atom is 0.128 e. The molecule has 0 unspecified atom stereocenters. The lowest BCUT2D eigenvalue weighted by molar-refractivity contribution is 0.413. The largest absolute Gasteiger partial charge is 0.496 e. The van der Waals surface area contributed by atoms with Gasteiger partial charge in [0.25, 0.3) is 0 Å². The Balaban J connectivity index is 3.02. The Morgan fingerprint density at radius 3 is 2.91 bits per heavy atom. The number of rotatable bonds is 2. The van der Waals surface area contributed by atoms with E-state index in [0.29, 0.717) is 17.3 Å². The Labute approximate surface area is 70.9 Å². The molecular formula is C8H9ClNO. The second-order valence-electron chi connectivity index (χ2n) is 2.10. The molecule has 0 aliphatic carbocycles. The lowest BCUT2D eigenvalue weighted by atomic mass is 10.2. The number of benzene rings is 1. The fraction of sp³-hybridized carbons (Fsp3) is 0.250. The van der Waals surface area contributed by atoms with Gasteiger partial charge in [0, 0.05) is 17.6 Å². The van der Waals surface area contributed by atoms with Crippen molar-refractivity contribution in [3.8, 4) is 5.75 Å². The average molecular weight is 171 g/mol. The Bertz CT molecular complexity index is 228. The highest BCUT2D eigenvalue weighted by Gasteiger charge is 1.97. The second-order valence-corrected chi connectivity index (χ2v) is 2.53. The zero-order valence-electron chi connectivity index (χ0n) is 6.23. The van der Waals surface area contributed by atoms with E-state index in [2.05, 4.69) is 6.07 Å². The smallest absolute Gasteiger partial charge is 0.128 e. The minimum atomic E-state index is 0.428. The van der Waals surface area contributed by atoms with Crippen LogP contribution in [0.5, 0.6) is 5.75 Å². The second kappa shape index (κ2) is 3.60. The molecule has 0 fully saturated rings. The third kappa shape index (κ3) is 2.10. The van der Waals surface area contributed by atoms with E-state index in [1.165, 1.54) is 0 Å². The number of methoxy groups -OCH3 is 1. The molecule has 1 aromatic carbocycles. The van der Waals surface area contributed by atoms with Crippen LogP contribution in [0.2, 0.25) is 5.02 Å². The fourth-order valence-corrected chi connectivity index (χ4v) is 1.01. The van der Waals surface area contributed by atoms with E-state index >= 15 is 0 Å². The van der Waals surface area contributed by atoms with Crippen molar-refractivity contribution >= 4 is 11.6 Å². The first kappa shape index (κ1) is 8.37. The molecule has 0 aliphatic heterocycles. The Morgan fingerprint density at radius 1 is 1.64 bits per heavy atom. The van der Waals surface area contributed by atoms with Crippen molar-refractivity contribution in [1.82, 2.24) is 0 Å². The lowest BCUT2D eigenvalue weighted by Crippen LogP contribution is -1.97. The minimum absolute atomic E-state index is 0.428. The normalized spacial score (nSPS) is 9.73. The fourth-order valence-electron chi connectivity index (χ4n) is 0.784. The molecule has 0 saturated carbocycles. The van der Waals surface area contributed by atoms with Crippen LogP contribution in [-0.2, 0) is 6.54 Å². The lowest BCUT2D eigenvalue weighted by Gasteiger charge is -2.01. The molecule has 0 spiro atoms. The van der Waals surface area contributed by atoms with Gasteiger partial charge in [0.15, 0.2) is 0 Å². The summed E-state index contributed by atoms with van der Waals surface area (Å²) < 4.78 is 4.94. The van der Waals surface area contributed by atoms with Gasteiger partial charge in [-0.3, -0.25) is 0 Å². The van der Waals surface area contributed by atoms with Crippen LogP contribution in [0.25, 0.3) is 0 Å². The van der Waals surface area contributed by atoms with Gasteiger partial charge in [-0.05, 0) is 17.7 Å². The standard InChI is InChI=1S/C8H9ClNO/c1-11-8-3-6(5-10)2-7(9)4-8/h2,4H,5,10H2,1H3. The van der Waals surface area contributed by atoms with Crippen molar-refractivity contribution < 1.29 is 4.74 Å². The van der Waals surface area contributed by atoms with Crippen LogP contribution in [0.1, 0.15) is 5.56 Å². The van der Waals surface area contributed by atoms with Gasteiger partial charge in [-0.1, -0.05) is 11.6 Å². The van der Waals surface area contributed by atoms with Gasteiger partial charge in [0.05, 0.1) is 7.11 Å².